The van der Waals surface area contributed by atoms with Gasteiger partial charge in [0.25, 0.3) is 0 Å². The second kappa shape index (κ2) is 13.2. The summed E-state index contributed by atoms with van der Waals surface area (Å²) in [6.07, 6.45) is 0. The molecule has 7 heteroatoms. The van der Waals surface area contributed by atoms with Gasteiger partial charge in [0.2, 0.25) is 0 Å². The quantitative estimate of drug-likeness (QED) is 0.222. The molecule has 3 aromatic rings. The molecule has 3 nitrogen and oxygen atoms in total. The molecule has 0 atom stereocenters. The minimum absolute atomic E-state index is 0.194. The van der Waals surface area contributed by atoms with Gasteiger partial charge in [-0.05, 0) is 138 Å². The molecular weight excluding hydrogens is 548 g/mol. The first-order chi connectivity index (χ1) is 17.3. The van der Waals surface area contributed by atoms with E-state index in [0.717, 1.165) is 33.8 Å². The maximum atomic E-state index is 15.1. The summed E-state index contributed by atoms with van der Waals surface area (Å²) in [6.45, 7) is 22.3. The summed E-state index contributed by atoms with van der Waals surface area (Å²) >= 11 is 0.194. The van der Waals surface area contributed by atoms with Crippen LogP contribution in [0.5, 0.6) is 0 Å². The van der Waals surface area contributed by atoms with Gasteiger partial charge in [0, 0.05) is 0 Å². The molecule has 0 saturated carbocycles. The van der Waals surface area contributed by atoms with Crippen molar-refractivity contribution in [2.75, 3.05) is 0 Å². The van der Waals surface area contributed by atoms with E-state index in [-0.39, 0.29) is 19.0 Å². The second-order valence-electron chi connectivity index (χ2n) is 9.49. The number of rotatable bonds is 4. The van der Waals surface area contributed by atoms with Crippen molar-refractivity contribution >= 4 is 43.0 Å². The average Bonchev–Trinajstić information content (AvgIpc) is 2.89. The summed E-state index contributed by atoms with van der Waals surface area (Å²) in [6, 6.07) is 5.82. The summed E-state index contributed by atoms with van der Waals surface area (Å²) < 4.78 is 15.1. The Kier molecular flexibility index (Phi) is 11.1. The van der Waals surface area contributed by atoms with E-state index < -0.39 is 0 Å². The van der Waals surface area contributed by atoms with E-state index in [2.05, 4.69) is 39.6 Å². The van der Waals surface area contributed by atoms with Crippen LogP contribution in [0.25, 0.3) is 0 Å². The molecular formula is C30H36Cl2FFeN3. The van der Waals surface area contributed by atoms with Gasteiger partial charge in [0.15, 0.2) is 5.82 Å². The van der Waals surface area contributed by atoms with Crippen LogP contribution >= 0.6 is 20.2 Å². The number of halogens is 3. The van der Waals surface area contributed by atoms with Crippen LogP contribution in [0.4, 0.5) is 15.8 Å². The van der Waals surface area contributed by atoms with Crippen molar-refractivity contribution in [3.8, 4) is 0 Å². The summed E-state index contributed by atoms with van der Waals surface area (Å²) in [7, 11) is 9.53. The molecule has 0 unspecified atom stereocenters. The zero-order valence-corrected chi connectivity index (χ0v) is 26.2. The van der Waals surface area contributed by atoms with Crippen LogP contribution in [0.3, 0.4) is 0 Å². The van der Waals surface area contributed by atoms with E-state index >= 15 is 4.39 Å². The first-order valence-electron chi connectivity index (χ1n) is 12.0. The maximum absolute atomic E-state index is 15.1. The van der Waals surface area contributed by atoms with E-state index in [4.69, 9.17) is 30.2 Å². The van der Waals surface area contributed by atoms with E-state index in [1.54, 1.807) is 0 Å². The summed E-state index contributed by atoms with van der Waals surface area (Å²) in [4.78, 5) is 14.5. The van der Waals surface area contributed by atoms with Crippen molar-refractivity contribution in [2.45, 2.75) is 76.2 Å². The van der Waals surface area contributed by atoms with Gasteiger partial charge in [-0.2, -0.15) is 0 Å². The second-order valence-corrected chi connectivity index (χ2v) is 11.3. The molecule has 0 radical (unpaired) electrons. The molecule has 0 aliphatic heterocycles. The van der Waals surface area contributed by atoms with Crippen molar-refractivity contribution < 1.29 is 17.5 Å². The first kappa shape index (κ1) is 31.2. The number of aliphatic imine (C=N–C) groups is 2. The standard InChI is InChI=1S/C30H36FN3.2ClH.Fe/c1-15-17(3)21(7)29(22(8)18(15)4)32-24(10)26-13-12-14-27(34-26)25(11)33-30-23(9)19(5)16(2)20(6)28(30)31;;;/h12-14H,1-11H3;2*1H;/q;;;+2/p-2. The molecule has 37 heavy (non-hydrogen) atoms. The summed E-state index contributed by atoms with van der Waals surface area (Å²) in [5, 5.41) is 0. The Bertz CT molecular complexity index is 1240. The van der Waals surface area contributed by atoms with E-state index in [1.165, 1.54) is 27.8 Å². The first-order valence-corrected chi connectivity index (χ1v) is 15.1. The Morgan fingerprint density at radius 2 is 0.946 bits per heavy atom. The molecule has 0 aliphatic rings. The average molecular weight is 584 g/mol. The van der Waals surface area contributed by atoms with Gasteiger partial charge in [-0.15, -0.1) is 0 Å². The Balaban J connectivity index is 0.00000153. The number of aromatic nitrogens is 1. The summed E-state index contributed by atoms with van der Waals surface area (Å²) in [5.41, 5.74) is 14.3. The molecule has 0 spiro atoms. The predicted molar refractivity (Wildman–Crippen MR) is 155 cm³/mol. The molecule has 1 aromatic heterocycles. The van der Waals surface area contributed by atoms with Crippen molar-refractivity contribution in [1.82, 2.24) is 4.98 Å². The number of benzene rings is 2. The van der Waals surface area contributed by atoms with Crippen molar-refractivity contribution in [3.63, 3.8) is 0 Å². The summed E-state index contributed by atoms with van der Waals surface area (Å²) in [5.74, 6) is -0.259. The molecule has 0 saturated heterocycles. The van der Waals surface area contributed by atoms with Gasteiger partial charge in [-0.25, -0.2) is 14.4 Å². The molecule has 200 valence electrons. The SMILES string of the molecule is CC(=Nc1c(C)c(C)c(C)c(C)c1C)c1cccc(C(C)=Nc2c(C)c(C)c(C)c(C)c2F)n1.[Cl][Fe][Cl]. The van der Waals surface area contributed by atoms with Gasteiger partial charge in [0.1, 0.15) is 5.69 Å². The van der Waals surface area contributed by atoms with Crippen LogP contribution in [-0.2, 0) is 13.1 Å². The third-order valence-electron chi connectivity index (χ3n) is 7.59. The fourth-order valence-corrected chi connectivity index (χ4v) is 4.32. The van der Waals surface area contributed by atoms with Gasteiger partial charge in [-0.1, -0.05) is 6.07 Å². The topological polar surface area (TPSA) is 37.6 Å². The van der Waals surface area contributed by atoms with Crippen molar-refractivity contribution in [2.24, 2.45) is 9.98 Å². The van der Waals surface area contributed by atoms with Crippen LogP contribution in [0.15, 0.2) is 28.2 Å². The molecule has 1 heterocycles. The van der Waals surface area contributed by atoms with Crippen molar-refractivity contribution in [1.29, 1.82) is 0 Å². The monoisotopic (exact) mass is 583 g/mol. The third kappa shape index (κ3) is 6.70. The van der Waals surface area contributed by atoms with Crippen LogP contribution in [0, 0.1) is 68.1 Å². The van der Waals surface area contributed by atoms with Crippen LogP contribution in [0.1, 0.15) is 75.3 Å². The number of hydrogen-bond donors (Lipinski definition) is 0. The number of nitrogens with zero attached hydrogens (tertiary/aromatic N) is 3. The number of hydrogen-bond acceptors (Lipinski definition) is 3. The molecule has 0 aliphatic carbocycles. The molecule has 2 aromatic carbocycles. The Morgan fingerprint density at radius 1 is 0.622 bits per heavy atom. The normalized spacial score (nSPS) is 12.1. The van der Waals surface area contributed by atoms with E-state index in [0.29, 0.717) is 22.7 Å². The fourth-order valence-electron chi connectivity index (χ4n) is 4.32. The van der Waals surface area contributed by atoms with Crippen LogP contribution < -0.4 is 0 Å². The van der Waals surface area contributed by atoms with E-state index in [9.17, 15) is 0 Å². The number of pyridine rings is 1. The van der Waals surface area contributed by atoms with Gasteiger partial charge < -0.3 is 0 Å². The third-order valence-corrected chi connectivity index (χ3v) is 7.59. The van der Waals surface area contributed by atoms with Gasteiger partial charge >= 0.3 is 33.3 Å². The minimum atomic E-state index is -0.259. The van der Waals surface area contributed by atoms with Gasteiger partial charge in [0.05, 0.1) is 28.5 Å². The molecule has 0 amide bonds. The Morgan fingerprint density at radius 3 is 1.38 bits per heavy atom. The van der Waals surface area contributed by atoms with Crippen molar-refractivity contribution in [3.05, 3.63) is 85.5 Å². The van der Waals surface area contributed by atoms with Crippen LogP contribution in [-0.4, -0.2) is 16.4 Å². The zero-order valence-electron chi connectivity index (χ0n) is 23.6. The Hall–Kier alpha value is -2.04. The fraction of sp³-hybridized carbons (Fsp3) is 0.367. The predicted octanol–water partition coefficient (Wildman–Crippen LogP) is 9.65. The van der Waals surface area contributed by atoms with Crippen LogP contribution in [0.2, 0.25) is 0 Å². The zero-order chi connectivity index (χ0) is 28.2. The molecule has 3 rings (SSSR count). The Labute approximate surface area is 236 Å². The van der Waals surface area contributed by atoms with Gasteiger partial charge in [-0.3, -0.25) is 4.99 Å². The van der Waals surface area contributed by atoms with E-state index in [1.807, 2.05) is 59.7 Å². The molecule has 0 bridgehead atoms. The molecule has 0 N–H and O–H groups in total. The molecule has 0 fully saturated rings.